The van der Waals surface area contributed by atoms with Gasteiger partial charge in [-0.1, -0.05) is 29.8 Å². The lowest BCUT2D eigenvalue weighted by Crippen LogP contribution is -2.25. The van der Waals surface area contributed by atoms with Crippen molar-refractivity contribution >= 4 is 29.4 Å². The van der Waals surface area contributed by atoms with Crippen molar-refractivity contribution in [3.8, 4) is 0 Å². The molecule has 0 spiro atoms. The third kappa shape index (κ3) is 5.92. The lowest BCUT2D eigenvalue weighted by Gasteiger charge is -2.05. The Hall–Kier alpha value is -3.15. The van der Waals surface area contributed by atoms with E-state index < -0.39 is 0 Å². The van der Waals surface area contributed by atoms with Crippen molar-refractivity contribution in [1.29, 1.82) is 0 Å². The molecule has 2 aromatic rings. The number of hydrogen-bond acceptors (Lipinski definition) is 4. The highest BCUT2D eigenvalue weighted by atomic mass is 16.2. The van der Waals surface area contributed by atoms with Crippen molar-refractivity contribution in [1.82, 2.24) is 5.43 Å². The molecule has 0 aromatic heterocycles. The Morgan fingerprint density at radius 1 is 1.00 bits per heavy atom. The number of amides is 2. The van der Waals surface area contributed by atoms with Gasteiger partial charge in [0.15, 0.2) is 0 Å². The van der Waals surface area contributed by atoms with Gasteiger partial charge in [0, 0.05) is 18.3 Å². The van der Waals surface area contributed by atoms with Crippen LogP contribution in [0.4, 0.5) is 11.4 Å². The maximum atomic E-state index is 11.7. The van der Waals surface area contributed by atoms with Gasteiger partial charge in [-0.05, 0) is 36.8 Å². The van der Waals surface area contributed by atoms with Crippen LogP contribution in [0.2, 0.25) is 0 Å². The summed E-state index contributed by atoms with van der Waals surface area (Å²) in [6.45, 7) is 3.60. The van der Waals surface area contributed by atoms with E-state index in [1.165, 1.54) is 12.5 Å². The number of nitrogens with one attached hydrogen (secondary N) is 3. The molecule has 0 bridgehead atoms. The molecule has 6 heteroatoms. The average molecular weight is 324 g/mol. The molecule has 3 N–H and O–H groups in total. The van der Waals surface area contributed by atoms with Gasteiger partial charge in [0.1, 0.15) is 0 Å². The van der Waals surface area contributed by atoms with Gasteiger partial charge < -0.3 is 10.6 Å². The highest BCUT2D eigenvalue weighted by molar-refractivity contribution is 5.89. The molecule has 0 saturated heterocycles. The summed E-state index contributed by atoms with van der Waals surface area (Å²) in [6.07, 6.45) is 1.54. The second-order valence-corrected chi connectivity index (χ2v) is 5.32. The normalized spacial score (nSPS) is 10.4. The number of rotatable bonds is 6. The number of aryl methyl sites for hydroxylation is 1. The molecule has 2 amide bonds. The number of hydrogen-bond donors (Lipinski definition) is 3. The average Bonchev–Trinajstić information content (AvgIpc) is 2.55. The quantitative estimate of drug-likeness (QED) is 0.564. The van der Waals surface area contributed by atoms with Crippen molar-refractivity contribution in [2.24, 2.45) is 5.10 Å². The second-order valence-electron chi connectivity index (χ2n) is 5.32. The van der Waals surface area contributed by atoms with Crippen molar-refractivity contribution in [2.45, 2.75) is 13.8 Å². The molecule has 6 nitrogen and oxygen atoms in total. The second kappa shape index (κ2) is 8.47. The molecule has 2 aromatic carbocycles. The Morgan fingerprint density at radius 3 is 2.25 bits per heavy atom. The van der Waals surface area contributed by atoms with Crippen LogP contribution in [0.3, 0.4) is 0 Å². The summed E-state index contributed by atoms with van der Waals surface area (Å²) in [4.78, 5) is 22.6. The van der Waals surface area contributed by atoms with Crippen LogP contribution in [-0.4, -0.2) is 24.6 Å². The summed E-state index contributed by atoms with van der Waals surface area (Å²) in [5.74, 6) is -0.355. The van der Waals surface area contributed by atoms with E-state index in [9.17, 15) is 9.59 Å². The lowest BCUT2D eigenvalue weighted by molar-refractivity contribution is -0.119. The molecule has 124 valence electrons. The number of hydrazone groups is 1. The third-order valence-electron chi connectivity index (χ3n) is 3.14. The van der Waals surface area contributed by atoms with Gasteiger partial charge in [-0.2, -0.15) is 5.10 Å². The van der Waals surface area contributed by atoms with Crippen molar-refractivity contribution < 1.29 is 9.59 Å². The largest absolute Gasteiger partial charge is 0.376 e. The predicted octanol–water partition coefficient (Wildman–Crippen LogP) is 2.52. The molecule has 0 heterocycles. The monoisotopic (exact) mass is 324 g/mol. The zero-order chi connectivity index (χ0) is 17.4. The minimum Gasteiger partial charge on any atom is -0.376 e. The first-order valence-electron chi connectivity index (χ1n) is 7.53. The Balaban J connectivity index is 1.77. The first-order valence-corrected chi connectivity index (χ1v) is 7.53. The van der Waals surface area contributed by atoms with Crippen molar-refractivity contribution in [3.63, 3.8) is 0 Å². The maximum absolute atomic E-state index is 11.7. The van der Waals surface area contributed by atoms with Crippen LogP contribution in [0.15, 0.2) is 53.6 Å². The molecule has 0 aliphatic rings. The van der Waals surface area contributed by atoms with Gasteiger partial charge in [-0.15, -0.1) is 0 Å². The number of nitrogens with zero attached hydrogens (tertiary/aromatic N) is 1. The minimum absolute atomic E-state index is 0.121. The first-order chi connectivity index (χ1) is 11.5. The highest BCUT2D eigenvalue weighted by Gasteiger charge is 1.99. The highest BCUT2D eigenvalue weighted by Crippen LogP contribution is 2.08. The minimum atomic E-state index is -0.235. The maximum Gasteiger partial charge on any atom is 0.259 e. The van der Waals surface area contributed by atoms with Crippen LogP contribution in [0.5, 0.6) is 0 Å². The lowest BCUT2D eigenvalue weighted by atomic mass is 10.2. The van der Waals surface area contributed by atoms with E-state index >= 15 is 0 Å². The summed E-state index contributed by atoms with van der Waals surface area (Å²) in [5, 5.41) is 9.61. The first kappa shape index (κ1) is 17.2. The van der Waals surface area contributed by atoms with Crippen LogP contribution < -0.4 is 16.1 Å². The number of benzene rings is 2. The number of anilines is 2. The molecule has 0 unspecified atom stereocenters. The zero-order valence-corrected chi connectivity index (χ0v) is 13.7. The predicted molar refractivity (Wildman–Crippen MR) is 96.2 cm³/mol. The molecule has 0 saturated carbocycles. The molecular weight excluding hydrogens is 304 g/mol. The number of carbonyl (C=O) groups is 2. The Kier molecular flexibility index (Phi) is 6.08. The third-order valence-corrected chi connectivity index (χ3v) is 3.14. The topological polar surface area (TPSA) is 82.6 Å². The summed E-state index contributed by atoms with van der Waals surface area (Å²) < 4.78 is 0. The molecule has 24 heavy (non-hydrogen) atoms. The van der Waals surface area contributed by atoms with E-state index in [2.05, 4.69) is 21.2 Å². The SMILES string of the molecule is CC(=O)Nc1ccc(/C=N\NC(=O)CNc2ccc(C)cc2)cc1. The standard InChI is InChI=1S/C18H20N4O2/c1-13-3-7-16(8-4-13)19-12-18(24)22-20-11-15-5-9-17(10-6-15)21-14(2)23/h3-11,19H,12H2,1-2H3,(H,21,23)(H,22,24)/b20-11-. The smallest absolute Gasteiger partial charge is 0.259 e. The van der Waals surface area contributed by atoms with Crippen LogP contribution in [-0.2, 0) is 9.59 Å². The van der Waals surface area contributed by atoms with Gasteiger partial charge in [0.05, 0.1) is 12.8 Å². The molecule has 2 rings (SSSR count). The zero-order valence-electron chi connectivity index (χ0n) is 13.7. The summed E-state index contributed by atoms with van der Waals surface area (Å²) >= 11 is 0. The van der Waals surface area contributed by atoms with Gasteiger partial charge in [0.25, 0.3) is 5.91 Å². The van der Waals surface area contributed by atoms with Crippen LogP contribution in [0, 0.1) is 6.92 Å². The van der Waals surface area contributed by atoms with E-state index in [-0.39, 0.29) is 18.4 Å². The van der Waals surface area contributed by atoms with Crippen molar-refractivity contribution in [2.75, 3.05) is 17.2 Å². The van der Waals surface area contributed by atoms with Crippen molar-refractivity contribution in [3.05, 3.63) is 59.7 Å². The number of carbonyl (C=O) groups excluding carboxylic acids is 2. The van der Waals surface area contributed by atoms with Gasteiger partial charge in [-0.3, -0.25) is 9.59 Å². The van der Waals surface area contributed by atoms with E-state index in [0.717, 1.165) is 11.3 Å². The van der Waals surface area contributed by atoms with Gasteiger partial charge in [-0.25, -0.2) is 5.43 Å². The molecule has 0 radical (unpaired) electrons. The molecular formula is C18H20N4O2. The molecule has 0 fully saturated rings. The van der Waals surface area contributed by atoms with Crippen LogP contribution in [0.1, 0.15) is 18.1 Å². The summed E-state index contributed by atoms with van der Waals surface area (Å²) in [5.41, 5.74) is 6.04. The molecule has 0 aliphatic carbocycles. The van der Waals surface area contributed by atoms with E-state index in [1.54, 1.807) is 30.5 Å². The van der Waals surface area contributed by atoms with Crippen LogP contribution >= 0.6 is 0 Å². The van der Waals surface area contributed by atoms with E-state index in [0.29, 0.717) is 5.69 Å². The summed E-state index contributed by atoms with van der Waals surface area (Å²) in [7, 11) is 0. The fourth-order valence-electron chi connectivity index (χ4n) is 1.93. The summed E-state index contributed by atoms with van der Waals surface area (Å²) in [6, 6.07) is 14.9. The van der Waals surface area contributed by atoms with E-state index in [1.807, 2.05) is 31.2 Å². The van der Waals surface area contributed by atoms with E-state index in [4.69, 9.17) is 0 Å². The van der Waals surface area contributed by atoms with Gasteiger partial charge in [0.2, 0.25) is 5.91 Å². The molecule has 0 atom stereocenters. The van der Waals surface area contributed by atoms with Crippen LogP contribution in [0.25, 0.3) is 0 Å². The Labute approximate surface area is 141 Å². The Morgan fingerprint density at radius 2 is 1.62 bits per heavy atom. The molecule has 0 aliphatic heterocycles. The fourth-order valence-corrected chi connectivity index (χ4v) is 1.93. The van der Waals surface area contributed by atoms with Gasteiger partial charge >= 0.3 is 0 Å². The Bertz CT molecular complexity index is 722. The fraction of sp³-hybridized carbons (Fsp3) is 0.167.